The fraction of sp³-hybridized carbons (Fsp3) is 0. The minimum absolute atomic E-state index is 0.215. The van der Waals surface area contributed by atoms with Gasteiger partial charge in [-0.05, 0) is 24.3 Å². The van der Waals surface area contributed by atoms with E-state index in [1.54, 1.807) is 24.4 Å². The SMILES string of the molecule is O=c1nc(-c2ccnc(Cl)c2)sc2ccccc12. The minimum Gasteiger partial charge on any atom is -0.267 e. The summed E-state index contributed by atoms with van der Waals surface area (Å²) in [5.41, 5.74) is 0.593. The van der Waals surface area contributed by atoms with Crippen LogP contribution >= 0.6 is 22.9 Å². The van der Waals surface area contributed by atoms with Crippen LogP contribution in [0.25, 0.3) is 20.7 Å². The molecule has 0 aliphatic carbocycles. The van der Waals surface area contributed by atoms with Crippen molar-refractivity contribution in [1.29, 1.82) is 0 Å². The Balaban J connectivity index is 2.28. The van der Waals surface area contributed by atoms with E-state index in [1.807, 2.05) is 18.2 Å². The lowest BCUT2D eigenvalue weighted by Crippen LogP contribution is -2.05. The first-order chi connectivity index (χ1) is 8.74. The molecule has 1 aromatic carbocycles. The monoisotopic (exact) mass is 274 g/mol. The summed E-state index contributed by atoms with van der Waals surface area (Å²) in [5.74, 6) is 0. The van der Waals surface area contributed by atoms with Crippen molar-refractivity contribution in [2.24, 2.45) is 0 Å². The highest BCUT2D eigenvalue weighted by atomic mass is 35.5. The van der Waals surface area contributed by atoms with Crippen LogP contribution in [0.4, 0.5) is 0 Å². The number of hydrogen-bond donors (Lipinski definition) is 0. The molecular formula is C13H7ClN2OS. The highest BCUT2D eigenvalue weighted by Crippen LogP contribution is 2.26. The second-order valence-corrected chi connectivity index (χ2v) is 5.11. The molecule has 0 saturated carbocycles. The van der Waals surface area contributed by atoms with Gasteiger partial charge in [0.05, 0.1) is 5.39 Å². The van der Waals surface area contributed by atoms with Gasteiger partial charge in [-0.25, -0.2) is 4.98 Å². The van der Waals surface area contributed by atoms with E-state index in [1.165, 1.54) is 11.3 Å². The highest BCUT2D eigenvalue weighted by molar-refractivity contribution is 7.21. The molecule has 0 spiro atoms. The molecule has 0 saturated heterocycles. The number of nitrogens with zero attached hydrogens (tertiary/aromatic N) is 2. The predicted molar refractivity (Wildman–Crippen MR) is 74.1 cm³/mol. The highest BCUT2D eigenvalue weighted by Gasteiger charge is 2.06. The van der Waals surface area contributed by atoms with Crippen molar-refractivity contribution in [3.8, 4) is 10.6 Å². The molecule has 0 N–H and O–H groups in total. The molecule has 0 unspecified atom stereocenters. The van der Waals surface area contributed by atoms with Gasteiger partial charge in [0.1, 0.15) is 10.2 Å². The third kappa shape index (κ3) is 2.00. The first-order valence-electron chi connectivity index (χ1n) is 5.26. The molecule has 88 valence electrons. The lowest BCUT2D eigenvalue weighted by atomic mass is 10.2. The maximum atomic E-state index is 11.9. The van der Waals surface area contributed by atoms with Crippen molar-refractivity contribution < 1.29 is 0 Å². The van der Waals surface area contributed by atoms with Crippen LogP contribution < -0.4 is 5.56 Å². The zero-order valence-corrected chi connectivity index (χ0v) is 10.7. The summed E-state index contributed by atoms with van der Waals surface area (Å²) in [4.78, 5) is 19.9. The molecule has 0 aliphatic rings. The van der Waals surface area contributed by atoms with Crippen LogP contribution in [0.3, 0.4) is 0 Å². The van der Waals surface area contributed by atoms with Gasteiger partial charge in [-0.3, -0.25) is 4.79 Å². The van der Waals surface area contributed by atoms with Gasteiger partial charge < -0.3 is 0 Å². The number of benzene rings is 1. The fourth-order valence-corrected chi connectivity index (χ4v) is 2.84. The smallest absolute Gasteiger partial charge is 0.267 e. The van der Waals surface area contributed by atoms with E-state index in [0.717, 1.165) is 10.3 Å². The van der Waals surface area contributed by atoms with Crippen LogP contribution in [0.15, 0.2) is 47.4 Å². The van der Waals surface area contributed by atoms with Gasteiger partial charge in [-0.2, -0.15) is 4.98 Å². The molecule has 0 bridgehead atoms. The van der Waals surface area contributed by atoms with Crippen molar-refractivity contribution in [2.45, 2.75) is 0 Å². The van der Waals surface area contributed by atoms with Crippen molar-refractivity contribution in [3.63, 3.8) is 0 Å². The van der Waals surface area contributed by atoms with Crippen LogP contribution in [-0.2, 0) is 0 Å². The Bertz CT molecular complexity index is 785. The van der Waals surface area contributed by atoms with E-state index in [2.05, 4.69) is 9.97 Å². The van der Waals surface area contributed by atoms with Gasteiger partial charge in [0.15, 0.2) is 0 Å². The molecule has 0 amide bonds. The first kappa shape index (κ1) is 11.3. The van der Waals surface area contributed by atoms with Crippen molar-refractivity contribution in [2.75, 3.05) is 0 Å². The van der Waals surface area contributed by atoms with Gasteiger partial charge in [-0.15, -0.1) is 11.3 Å². The summed E-state index contributed by atoms with van der Waals surface area (Å²) in [5, 5.41) is 1.69. The van der Waals surface area contributed by atoms with Gasteiger partial charge in [0, 0.05) is 16.5 Å². The molecule has 3 nitrogen and oxygen atoms in total. The average molecular weight is 275 g/mol. The molecule has 0 fully saturated rings. The second-order valence-electron chi connectivity index (χ2n) is 3.69. The Morgan fingerprint density at radius 1 is 1.17 bits per heavy atom. The van der Waals surface area contributed by atoms with E-state index in [4.69, 9.17) is 11.6 Å². The van der Waals surface area contributed by atoms with Crippen LogP contribution in [0.1, 0.15) is 0 Å². The van der Waals surface area contributed by atoms with E-state index in [9.17, 15) is 4.79 Å². The van der Waals surface area contributed by atoms with Gasteiger partial charge in [0.2, 0.25) is 0 Å². The molecule has 0 aliphatic heterocycles. The lowest BCUT2D eigenvalue weighted by Gasteiger charge is -2.01. The maximum absolute atomic E-state index is 11.9. The molecular weight excluding hydrogens is 268 g/mol. The quantitative estimate of drug-likeness (QED) is 0.639. The Labute approximate surface area is 112 Å². The Morgan fingerprint density at radius 2 is 2.00 bits per heavy atom. The molecule has 3 rings (SSSR count). The third-order valence-corrected chi connectivity index (χ3v) is 3.80. The summed E-state index contributed by atoms with van der Waals surface area (Å²) in [6.07, 6.45) is 1.60. The molecule has 18 heavy (non-hydrogen) atoms. The summed E-state index contributed by atoms with van der Waals surface area (Å²) < 4.78 is 0.917. The normalized spacial score (nSPS) is 10.7. The van der Waals surface area contributed by atoms with E-state index < -0.39 is 0 Å². The standard InChI is InChI=1S/C13H7ClN2OS/c14-11-7-8(5-6-15-11)13-16-12(17)9-3-1-2-4-10(9)18-13/h1-7H. The first-order valence-corrected chi connectivity index (χ1v) is 6.45. The van der Waals surface area contributed by atoms with Crippen LogP contribution in [0.2, 0.25) is 5.15 Å². The number of hydrogen-bond acceptors (Lipinski definition) is 4. The Kier molecular flexibility index (Phi) is 2.81. The summed E-state index contributed by atoms with van der Waals surface area (Å²) in [7, 11) is 0. The number of fused-ring (bicyclic) bond motifs is 1. The van der Waals surface area contributed by atoms with Crippen molar-refractivity contribution in [3.05, 3.63) is 58.1 Å². The van der Waals surface area contributed by atoms with E-state index >= 15 is 0 Å². The minimum atomic E-state index is -0.215. The number of rotatable bonds is 1. The third-order valence-electron chi connectivity index (χ3n) is 2.50. The van der Waals surface area contributed by atoms with E-state index in [-0.39, 0.29) is 5.56 Å². The van der Waals surface area contributed by atoms with Crippen molar-refractivity contribution in [1.82, 2.24) is 9.97 Å². The molecule has 5 heteroatoms. The lowest BCUT2D eigenvalue weighted by molar-refractivity contribution is 1.29. The Morgan fingerprint density at radius 3 is 2.83 bits per heavy atom. The van der Waals surface area contributed by atoms with Gasteiger partial charge >= 0.3 is 0 Å². The van der Waals surface area contributed by atoms with Crippen LogP contribution in [0, 0.1) is 0 Å². The zero-order valence-electron chi connectivity index (χ0n) is 9.13. The van der Waals surface area contributed by atoms with E-state index in [0.29, 0.717) is 15.5 Å². The topological polar surface area (TPSA) is 42.9 Å². The molecule has 0 atom stereocenters. The molecule has 2 aromatic heterocycles. The average Bonchev–Trinajstić information content (AvgIpc) is 2.39. The molecule has 0 radical (unpaired) electrons. The predicted octanol–water partition coefficient (Wildman–Crippen LogP) is 3.37. The van der Waals surface area contributed by atoms with Crippen LogP contribution in [0.5, 0.6) is 0 Å². The van der Waals surface area contributed by atoms with Crippen LogP contribution in [-0.4, -0.2) is 9.97 Å². The maximum Gasteiger partial charge on any atom is 0.279 e. The summed E-state index contributed by atoms with van der Waals surface area (Å²) in [6.45, 7) is 0. The number of aromatic nitrogens is 2. The Hall–Kier alpha value is -1.78. The van der Waals surface area contributed by atoms with Gasteiger partial charge in [0.25, 0.3) is 5.56 Å². The van der Waals surface area contributed by atoms with Crippen molar-refractivity contribution >= 4 is 33.0 Å². The largest absolute Gasteiger partial charge is 0.279 e. The fourth-order valence-electron chi connectivity index (χ4n) is 1.67. The molecule has 3 aromatic rings. The second kappa shape index (κ2) is 4.48. The number of pyridine rings is 1. The summed E-state index contributed by atoms with van der Waals surface area (Å²) in [6, 6.07) is 10.9. The zero-order chi connectivity index (χ0) is 12.5. The molecule has 2 heterocycles. The number of halogens is 1. The summed E-state index contributed by atoms with van der Waals surface area (Å²) >= 11 is 7.31. The van der Waals surface area contributed by atoms with Gasteiger partial charge in [-0.1, -0.05) is 23.7 Å².